The summed E-state index contributed by atoms with van der Waals surface area (Å²) in [6.45, 7) is 1.06. The molecule has 0 saturated carbocycles. The molecule has 2 heterocycles. The summed E-state index contributed by atoms with van der Waals surface area (Å²) in [4.78, 5) is 17.9. The fourth-order valence-electron chi connectivity index (χ4n) is 2.03. The summed E-state index contributed by atoms with van der Waals surface area (Å²) in [5.74, 6) is 0.200. The summed E-state index contributed by atoms with van der Waals surface area (Å²) < 4.78 is 5.06. The number of rotatable bonds is 2. The normalized spacial score (nSPS) is 20.1. The van der Waals surface area contributed by atoms with Crippen molar-refractivity contribution in [2.45, 2.75) is 18.9 Å². The van der Waals surface area contributed by atoms with Gasteiger partial charge in [-0.15, -0.1) is 0 Å². The molecule has 17 heavy (non-hydrogen) atoms. The van der Waals surface area contributed by atoms with Gasteiger partial charge in [-0.3, -0.25) is 4.79 Å². The van der Waals surface area contributed by atoms with Gasteiger partial charge in [0.2, 0.25) is 5.88 Å². The second-order valence-electron chi connectivity index (χ2n) is 4.11. The zero-order valence-corrected chi connectivity index (χ0v) is 9.80. The second-order valence-corrected chi connectivity index (χ2v) is 4.11. The highest BCUT2D eigenvalue weighted by Crippen LogP contribution is 2.19. The summed E-state index contributed by atoms with van der Waals surface area (Å²) in [5, 5.41) is 9.56. The van der Waals surface area contributed by atoms with Crippen molar-refractivity contribution in [1.29, 1.82) is 0 Å². The first kappa shape index (κ1) is 11.9. The molecule has 1 N–H and O–H groups in total. The number of aromatic nitrogens is 1. The molecule has 1 saturated heterocycles. The Morgan fingerprint density at radius 1 is 1.65 bits per heavy atom. The lowest BCUT2D eigenvalue weighted by Crippen LogP contribution is -2.42. The van der Waals surface area contributed by atoms with E-state index in [1.54, 1.807) is 23.2 Å². The van der Waals surface area contributed by atoms with E-state index < -0.39 is 6.10 Å². The Hall–Kier alpha value is -1.62. The molecule has 1 fully saturated rings. The van der Waals surface area contributed by atoms with E-state index in [0.717, 1.165) is 12.8 Å². The highest BCUT2D eigenvalue weighted by Gasteiger charge is 2.25. The third kappa shape index (κ3) is 2.55. The molecule has 1 atom stereocenters. The molecule has 1 unspecified atom stereocenters. The number of amides is 1. The molecule has 2 rings (SSSR count). The number of ether oxygens (including phenoxy) is 1. The Bertz CT molecular complexity index is 408. The summed E-state index contributed by atoms with van der Waals surface area (Å²) in [6, 6.07) is 3.39. The smallest absolute Gasteiger partial charge is 0.259 e. The van der Waals surface area contributed by atoms with E-state index in [1.807, 2.05) is 0 Å². The number of methoxy groups -OCH3 is 1. The minimum atomic E-state index is -0.421. The first-order chi connectivity index (χ1) is 8.22. The van der Waals surface area contributed by atoms with E-state index in [4.69, 9.17) is 4.74 Å². The SMILES string of the molecule is COc1ncccc1C(=O)N1CCCC(O)C1. The van der Waals surface area contributed by atoms with Crippen molar-refractivity contribution in [2.75, 3.05) is 20.2 Å². The number of hydrogen-bond acceptors (Lipinski definition) is 4. The molecule has 1 aliphatic heterocycles. The summed E-state index contributed by atoms with van der Waals surface area (Å²) in [7, 11) is 1.49. The lowest BCUT2D eigenvalue weighted by Gasteiger charge is -2.30. The molecule has 1 amide bonds. The van der Waals surface area contributed by atoms with Gasteiger partial charge < -0.3 is 14.7 Å². The van der Waals surface area contributed by atoms with Crippen molar-refractivity contribution >= 4 is 5.91 Å². The summed E-state index contributed by atoms with van der Waals surface area (Å²) in [5.41, 5.74) is 0.448. The number of β-amino-alcohol motifs (C(OH)–C–C–N with tert-alkyl or cyclic N) is 1. The van der Waals surface area contributed by atoms with Gasteiger partial charge in [0.25, 0.3) is 5.91 Å². The van der Waals surface area contributed by atoms with Crippen molar-refractivity contribution in [3.8, 4) is 5.88 Å². The molecule has 1 aromatic heterocycles. The molecule has 0 aliphatic carbocycles. The Morgan fingerprint density at radius 2 is 2.47 bits per heavy atom. The highest BCUT2D eigenvalue weighted by atomic mass is 16.5. The van der Waals surface area contributed by atoms with Crippen LogP contribution in [0.3, 0.4) is 0 Å². The van der Waals surface area contributed by atoms with Gasteiger partial charge in [0, 0.05) is 19.3 Å². The van der Waals surface area contributed by atoms with Crippen molar-refractivity contribution in [1.82, 2.24) is 9.88 Å². The van der Waals surface area contributed by atoms with E-state index in [1.165, 1.54) is 7.11 Å². The largest absolute Gasteiger partial charge is 0.480 e. The van der Waals surface area contributed by atoms with Crippen LogP contribution in [-0.4, -0.2) is 47.2 Å². The van der Waals surface area contributed by atoms with Crippen LogP contribution in [0, 0.1) is 0 Å². The first-order valence-corrected chi connectivity index (χ1v) is 5.68. The molecule has 1 aromatic rings. The average molecular weight is 236 g/mol. The number of likely N-dealkylation sites (tertiary alicyclic amines) is 1. The van der Waals surface area contributed by atoms with Gasteiger partial charge in [0.1, 0.15) is 5.56 Å². The quantitative estimate of drug-likeness (QED) is 0.820. The molecule has 0 aromatic carbocycles. The maximum Gasteiger partial charge on any atom is 0.259 e. The minimum Gasteiger partial charge on any atom is -0.480 e. The summed E-state index contributed by atoms with van der Waals surface area (Å²) in [6.07, 6.45) is 2.75. The number of carbonyl (C=O) groups is 1. The van der Waals surface area contributed by atoms with Gasteiger partial charge in [-0.2, -0.15) is 0 Å². The molecule has 5 heteroatoms. The van der Waals surface area contributed by atoms with Crippen LogP contribution in [0.2, 0.25) is 0 Å². The zero-order valence-electron chi connectivity index (χ0n) is 9.80. The van der Waals surface area contributed by atoms with Crippen LogP contribution in [0.1, 0.15) is 23.2 Å². The van der Waals surface area contributed by atoms with E-state index in [0.29, 0.717) is 24.5 Å². The van der Waals surface area contributed by atoms with Gasteiger partial charge in [0.15, 0.2) is 0 Å². The van der Waals surface area contributed by atoms with Gasteiger partial charge in [-0.1, -0.05) is 0 Å². The van der Waals surface area contributed by atoms with Crippen LogP contribution in [0.25, 0.3) is 0 Å². The zero-order chi connectivity index (χ0) is 12.3. The van der Waals surface area contributed by atoms with Crippen LogP contribution >= 0.6 is 0 Å². The van der Waals surface area contributed by atoms with Crippen molar-refractivity contribution in [3.05, 3.63) is 23.9 Å². The predicted octanol–water partition coefficient (Wildman–Crippen LogP) is 0.687. The van der Waals surface area contributed by atoms with Gasteiger partial charge in [0.05, 0.1) is 13.2 Å². The molecule has 0 bridgehead atoms. The molecule has 0 radical (unpaired) electrons. The average Bonchev–Trinajstić information content (AvgIpc) is 2.38. The molecule has 1 aliphatic rings. The van der Waals surface area contributed by atoms with Crippen LogP contribution < -0.4 is 4.74 Å². The number of carbonyl (C=O) groups excluding carboxylic acids is 1. The summed E-state index contributed by atoms with van der Waals surface area (Å²) >= 11 is 0. The topological polar surface area (TPSA) is 62.7 Å². The van der Waals surface area contributed by atoms with Gasteiger partial charge in [-0.05, 0) is 25.0 Å². The third-order valence-electron chi connectivity index (χ3n) is 2.88. The van der Waals surface area contributed by atoms with Crippen LogP contribution in [0.4, 0.5) is 0 Å². The van der Waals surface area contributed by atoms with E-state index >= 15 is 0 Å². The van der Waals surface area contributed by atoms with Crippen LogP contribution in [0.15, 0.2) is 18.3 Å². The number of pyridine rings is 1. The van der Waals surface area contributed by atoms with Gasteiger partial charge in [-0.25, -0.2) is 4.98 Å². The number of aliphatic hydroxyl groups excluding tert-OH is 1. The molecular formula is C12H16N2O3. The molecule has 0 spiro atoms. The number of hydrogen-bond donors (Lipinski definition) is 1. The molecular weight excluding hydrogens is 220 g/mol. The van der Waals surface area contributed by atoms with E-state index in [2.05, 4.69) is 4.98 Å². The van der Waals surface area contributed by atoms with Crippen LogP contribution in [-0.2, 0) is 0 Å². The minimum absolute atomic E-state index is 0.131. The van der Waals surface area contributed by atoms with E-state index in [-0.39, 0.29) is 5.91 Å². The lowest BCUT2D eigenvalue weighted by atomic mass is 10.1. The number of nitrogens with zero attached hydrogens (tertiary/aromatic N) is 2. The third-order valence-corrected chi connectivity index (χ3v) is 2.88. The van der Waals surface area contributed by atoms with Crippen molar-refractivity contribution in [2.24, 2.45) is 0 Å². The Labute approximate surface area is 100 Å². The number of aliphatic hydroxyl groups is 1. The second kappa shape index (κ2) is 5.14. The van der Waals surface area contributed by atoms with Crippen molar-refractivity contribution < 1.29 is 14.6 Å². The van der Waals surface area contributed by atoms with Crippen LogP contribution in [0.5, 0.6) is 5.88 Å². The Morgan fingerprint density at radius 3 is 3.18 bits per heavy atom. The lowest BCUT2D eigenvalue weighted by molar-refractivity contribution is 0.0470. The molecule has 5 nitrogen and oxygen atoms in total. The van der Waals surface area contributed by atoms with E-state index in [9.17, 15) is 9.90 Å². The molecule has 92 valence electrons. The maximum atomic E-state index is 12.2. The Kier molecular flexibility index (Phi) is 3.58. The fraction of sp³-hybridized carbons (Fsp3) is 0.500. The standard InChI is InChI=1S/C12H16N2O3/c1-17-11-10(5-2-6-13-11)12(16)14-7-3-4-9(15)8-14/h2,5-6,9,15H,3-4,7-8H2,1H3. The van der Waals surface area contributed by atoms with Gasteiger partial charge >= 0.3 is 0 Å². The Balaban J connectivity index is 2.18. The fourth-order valence-corrected chi connectivity index (χ4v) is 2.03. The number of piperidine rings is 1. The first-order valence-electron chi connectivity index (χ1n) is 5.68. The monoisotopic (exact) mass is 236 g/mol. The highest BCUT2D eigenvalue weighted by molar-refractivity contribution is 5.96. The van der Waals surface area contributed by atoms with Crippen molar-refractivity contribution in [3.63, 3.8) is 0 Å². The maximum absolute atomic E-state index is 12.2. The predicted molar refractivity (Wildman–Crippen MR) is 61.9 cm³/mol.